The van der Waals surface area contributed by atoms with Gasteiger partial charge >= 0.3 is 0 Å². The molecule has 1 atom stereocenters. The van der Waals surface area contributed by atoms with E-state index in [9.17, 15) is 4.79 Å². The summed E-state index contributed by atoms with van der Waals surface area (Å²) in [4.78, 5) is 14.4. The number of para-hydroxylation sites is 1. The Labute approximate surface area is 214 Å². The molecule has 0 aliphatic heterocycles. The summed E-state index contributed by atoms with van der Waals surface area (Å²) in [6.45, 7) is 0. The zero-order valence-electron chi connectivity index (χ0n) is 20.1. The van der Waals surface area contributed by atoms with Gasteiger partial charge < -0.3 is 5.32 Å². The molecule has 1 N–H and O–H groups in total. The maximum atomic E-state index is 14.4. The summed E-state index contributed by atoms with van der Waals surface area (Å²) >= 11 is 0. The smallest absolute Gasteiger partial charge is 0.226 e. The van der Waals surface area contributed by atoms with Crippen molar-refractivity contribution in [1.29, 1.82) is 0 Å². The summed E-state index contributed by atoms with van der Waals surface area (Å²) in [6, 6.07) is 52.1. The van der Waals surface area contributed by atoms with Gasteiger partial charge in [0.05, 0.1) is 0 Å². The predicted octanol–water partition coefficient (Wildman–Crippen LogP) is 5.41. The lowest BCUT2D eigenvalue weighted by atomic mass is 10.1. The van der Waals surface area contributed by atoms with E-state index < -0.39 is 8.07 Å². The Morgan fingerprint density at radius 2 is 0.889 bits per heavy atom. The number of benzene rings is 5. The first kappa shape index (κ1) is 23.5. The lowest BCUT2D eigenvalue weighted by Crippen LogP contribution is -2.72. The van der Waals surface area contributed by atoms with Crippen LogP contribution in [0.1, 0.15) is 5.56 Å². The minimum Gasteiger partial charge on any atom is -0.326 e. The van der Waals surface area contributed by atoms with Gasteiger partial charge in [0.25, 0.3) is 0 Å². The first-order valence-electron chi connectivity index (χ1n) is 12.3. The highest BCUT2D eigenvalue weighted by Gasteiger charge is 2.49. The summed E-state index contributed by atoms with van der Waals surface area (Å²) in [6.07, 6.45) is 0.643. The number of hydrogen-bond acceptors (Lipinski definition) is 1. The Morgan fingerprint density at radius 1 is 0.528 bits per heavy atom. The molecule has 5 aromatic rings. The van der Waals surface area contributed by atoms with E-state index in [0.717, 1.165) is 11.3 Å². The van der Waals surface area contributed by atoms with Gasteiger partial charge in [0.15, 0.2) is 8.07 Å². The standard InChI is InChI=1S/C33H29NOSi/c35-33(34-28-18-8-2-9-19-28)32(26-27-16-6-1-7-17-27)36(29-20-10-3-11-21-29,30-22-12-4-13-23-30)31-24-14-5-15-25-31/h1-25,32H,26H2,(H,34,35). The molecule has 36 heavy (non-hydrogen) atoms. The van der Waals surface area contributed by atoms with Crippen LogP contribution in [0.5, 0.6) is 0 Å². The highest BCUT2D eigenvalue weighted by molar-refractivity contribution is 7.14. The summed E-state index contributed by atoms with van der Waals surface area (Å²) in [5, 5.41) is 6.96. The molecular weight excluding hydrogens is 454 g/mol. The number of amides is 1. The van der Waals surface area contributed by atoms with Crippen LogP contribution in [0.15, 0.2) is 152 Å². The molecule has 0 saturated carbocycles. The summed E-state index contributed by atoms with van der Waals surface area (Å²) < 4.78 is 0. The van der Waals surface area contributed by atoms with Crippen LogP contribution < -0.4 is 20.9 Å². The molecule has 0 aliphatic rings. The predicted molar refractivity (Wildman–Crippen MR) is 153 cm³/mol. The number of carbonyl (C=O) groups excluding carboxylic acids is 1. The van der Waals surface area contributed by atoms with Gasteiger partial charge in [0.2, 0.25) is 5.91 Å². The third kappa shape index (κ3) is 4.79. The van der Waals surface area contributed by atoms with E-state index in [1.807, 2.05) is 36.4 Å². The molecule has 5 rings (SSSR count). The second-order valence-corrected chi connectivity index (χ2v) is 13.0. The number of rotatable bonds is 8. The second-order valence-electron chi connectivity index (χ2n) is 9.00. The Kier molecular flexibility index (Phi) is 7.20. The van der Waals surface area contributed by atoms with Crippen molar-refractivity contribution in [3.8, 4) is 0 Å². The van der Waals surface area contributed by atoms with Crippen LogP contribution in [-0.4, -0.2) is 14.0 Å². The second kappa shape index (κ2) is 11.0. The Bertz CT molecular complexity index is 1280. The minimum atomic E-state index is -2.87. The molecule has 1 unspecified atom stereocenters. The Balaban J connectivity index is 1.78. The molecule has 2 nitrogen and oxygen atoms in total. The number of carbonyl (C=O) groups is 1. The molecule has 5 aromatic carbocycles. The average molecular weight is 484 g/mol. The zero-order chi connectivity index (χ0) is 24.6. The van der Waals surface area contributed by atoms with Crippen LogP contribution in [0.25, 0.3) is 0 Å². The number of hydrogen-bond donors (Lipinski definition) is 1. The van der Waals surface area contributed by atoms with Crippen molar-refractivity contribution in [3.05, 3.63) is 157 Å². The molecule has 176 valence electrons. The number of anilines is 1. The molecule has 0 aliphatic carbocycles. The molecule has 0 radical (unpaired) electrons. The molecular formula is C33H29NOSi. The van der Waals surface area contributed by atoms with Crippen molar-refractivity contribution in [2.45, 2.75) is 12.0 Å². The van der Waals surface area contributed by atoms with Gasteiger partial charge in [-0.1, -0.05) is 140 Å². The lowest BCUT2D eigenvalue weighted by Gasteiger charge is -2.40. The van der Waals surface area contributed by atoms with Gasteiger partial charge in [-0.15, -0.1) is 0 Å². The Morgan fingerprint density at radius 3 is 1.31 bits per heavy atom. The van der Waals surface area contributed by atoms with Crippen molar-refractivity contribution >= 4 is 35.2 Å². The van der Waals surface area contributed by atoms with E-state index in [4.69, 9.17) is 0 Å². The molecule has 0 heterocycles. The maximum Gasteiger partial charge on any atom is 0.226 e. The van der Waals surface area contributed by atoms with Crippen LogP contribution in [-0.2, 0) is 11.2 Å². The maximum absolute atomic E-state index is 14.4. The quantitative estimate of drug-likeness (QED) is 0.232. The van der Waals surface area contributed by atoms with Gasteiger partial charge in [0.1, 0.15) is 0 Å². The van der Waals surface area contributed by atoms with E-state index in [1.165, 1.54) is 15.6 Å². The largest absolute Gasteiger partial charge is 0.326 e. The van der Waals surface area contributed by atoms with Gasteiger partial charge in [-0.3, -0.25) is 4.79 Å². The van der Waals surface area contributed by atoms with Crippen LogP contribution in [0, 0.1) is 0 Å². The van der Waals surface area contributed by atoms with Gasteiger partial charge in [-0.25, -0.2) is 0 Å². The summed E-state index contributed by atoms with van der Waals surface area (Å²) in [5.74, 6) is 0.0493. The van der Waals surface area contributed by atoms with Crippen LogP contribution in [0.4, 0.5) is 5.69 Å². The highest BCUT2D eigenvalue weighted by Crippen LogP contribution is 2.29. The monoisotopic (exact) mass is 483 g/mol. The van der Waals surface area contributed by atoms with Gasteiger partial charge in [-0.2, -0.15) is 0 Å². The van der Waals surface area contributed by atoms with E-state index in [-0.39, 0.29) is 11.4 Å². The Hall–Kier alpha value is -4.21. The topological polar surface area (TPSA) is 29.1 Å². The van der Waals surface area contributed by atoms with Crippen LogP contribution in [0.3, 0.4) is 0 Å². The molecule has 0 fully saturated rings. The third-order valence-electron chi connectivity index (χ3n) is 6.85. The van der Waals surface area contributed by atoms with Crippen molar-refractivity contribution in [2.75, 3.05) is 5.32 Å². The zero-order valence-corrected chi connectivity index (χ0v) is 21.1. The fourth-order valence-electron chi connectivity index (χ4n) is 5.25. The van der Waals surface area contributed by atoms with Crippen molar-refractivity contribution in [3.63, 3.8) is 0 Å². The van der Waals surface area contributed by atoms with Crippen LogP contribution >= 0.6 is 0 Å². The van der Waals surface area contributed by atoms with Gasteiger partial charge in [0, 0.05) is 11.2 Å². The molecule has 0 bridgehead atoms. The summed E-state index contributed by atoms with van der Waals surface area (Å²) in [5.41, 5.74) is 1.69. The highest BCUT2D eigenvalue weighted by atomic mass is 28.3. The average Bonchev–Trinajstić information content (AvgIpc) is 2.96. The van der Waals surface area contributed by atoms with Crippen molar-refractivity contribution in [2.24, 2.45) is 0 Å². The molecule has 3 heteroatoms. The van der Waals surface area contributed by atoms with Crippen LogP contribution in [0.2, 0.25) is 5.54 Å². The lowest BCUT2D eigenvalue weighted by molar-refractivity contribution is -0.116. The normalized spacial score (nSPS) is 12.0. The van der Waals surface area contributed by atoms with Crippen molar-refractivity contribution < 1.29 is 4.79 Å². The fraction of sp³-hybridized carbons (Fsp3) is 0.0606. The minimum absolute atomic E-state index is 0.0493. The van der Waals surface area contributed by atoms with E-state index in [1.54, 1.807) is 0 Å². The van der Waals surface area contributed by atoms with Crippen molar-refractivity contribution in [1.82, 2.24) is 0 Å². The molecule has 0 spiro atoms. The first-order valence-corrected chi connectivity index (χ1v) is 14.4. The third-order valence-corrected chi connectivity index (χ3v) is 12.1. The molecule has 0 aromatic heterocycles. The van der Waals surface area contributed by atoms with E-state index >= 15 is 0 Å². The fourth-order valence-corrected chi connectivity index (χ4v) is 10.6. The molecule has 0 saturated heterocycles. The number of nitrogens with one attached hydrogen (secondary N) is 1. The summed E-state index contributed by atoms with van der Waals surface area (Å²) in [7, 11) is -2.87. The van der Waals surface area contributed by atoms with E-state index in [2.05, 4.69) is 121 Å². The van der Waals surface area contributed by atoms with Gasteiger partial charge in [-0.05, 0) is 39.7 Å². The first-order chi connectivity index (χ1) is 17.8. The molecule has 1 amide bonds. The SMILES string of the molecule is O=C(Nc1ccccc1)C(Cc1ccccc1)[Si](c1ccccc1)(c1ccccc1)c1ccccc1. The van der Waals surface area contributed by atoms with E-state index in [0.29, 0.717) is 6.42 Å².